The van der Waals surface area contributed by atoms with E-state index in [2.05, 4.69) is 26.2 Å². The predicted octanol–water partition coefficient (Wildman–Crippen LogP) is 3.41. The Hall–Kier alpha value is -2.21. The number of aromatic nitrogens is 1. The Kier molecular flexibility index (Phi) is 4.37. The predicted molar refractivity (Wildman–Crippen MR) is 82.8 cm³/mol. The molecule has 2 N–H and O–H groups in total. The van der Waals surface area contributed by atoms with Crippen molar-refractivity contribution in [2.45, 2.75) is 13.8 Å². The first-order valence-electron chi connectivity index (χ1n) is 6.16. The number of nitrogens with one attached hydrogen (secondary N) is 1. The summed E-state index contributed by atoms with van der Waals surface area (Å²) in [5.41, 5.74) is 2.93. The maximum Gasteiger partial charge on any atom is 0.354 e. The van der Waals surface area contributed by atoms with Crippen molar-refractivity contribution in [1.82, 2.24) is 4.98 Å². The third-order valence-electron chi connectivity index (χ3n) is 2.94. The molecule has 1 aromatic heterocycles. The molecule has 108 valence electrons. The molecule has 0 aliphatic rings. The van der Waals surface area contributed by atoms with Crippen molar-refractivity contribution >= 4 is 33.5 Å². The number of carbonyl (C=O) groups excluding carboxylic acids is 1. The number of carboxylic acid groups (broad SMARTS) is 1. The number of nitrogens with zero attached hydrogens (tertiary/aromatic N) is 1. The minimum atomic E-state index is -1.12. The molecule has 0 atom stereocenters. The number of aryl methyl sites for hydroxylation is 2. The Morgan fingerprint density at radius 3 is 2.29 bits per heavy atom. The van der Waals surface area contributed by atoms with Gasteiger partial charge in [-0.25, -0.2) is 9.78 Å². The summed E-state index contributed by atoms with van der Waals surface area (Å²) >= 11 is 3.47. The van der Waals surface area contributed by atoms with Crippen molar-refractivity contribution in [3.05, 3.63) is 57.3 Å². The topological polar surface area (TPSA) is 79.3 Å². The van der Waals surface area contributed by atoms with Crippen molar-refractivity contribution in [3.8, 4) is 0 Å². The van der Waals surface area contributed by atoms with Gasteiger partial charge in [0.1, 0.15) is 5.69 Å². The zero-order chi connectivity index (χ0) is 15.6. The summed E-state index contributed by atoms with van der Waals surface area (Å²) in [7, 11) is 0. The van der Waals surface area contributed by atoms with Crippen molar-refractivity contribution in [1.29, 1.82) is 0 Å². The molecule has 2 aromatic rings. The molecule has 0 spiro atoms. The van der Waals surface area contributed by atoms with E-state index in [0.717, 1.165) is 15.6 Å². The van der Waals surface area contributed by atoms with E-state index in [4.69, 9.17) is 5.11 Å². The van der Waals surface area contributed by atoms with Gasteiger partial charge in [-0.3, -0.25) is 4.79 Å². The number of hydrogen-bond donors (Lipinski definition) is 2. The van der Waals surface area contributed by atoms with Crippen molar-refractivity contribution in [3.63, 3.8) is 0 Å². The number of carbonyl (C=O) groups is 2. The quantitative estimate of drug-likeness (QED) is 0.890. The van der Waals surface area contributed by atoms with E-state index in [1.54, 1.807) is 0 Å². The molecular formula is C15H13BrN2O3. The number of benzene rings is 1. The molecule has 0 saturated carbocycles. The van der Waals surface area contributed by atoms with Gasteiger partial charge in [0.15, 0.2) is 0 Å². The van der Waals surface area contributed by atoms with Gasteiger partial charge in [0.05, 0.1) is 5.56 Å². The van der Waals surface area contributed by atoms with Gasteiger partial charge in [-0.2, -0.15) is 0 Å². The van der Waals surface area contributed by atoms with E-state index < -0.39 is 5.97 Å². The SMILES string of the molecule is Cc1cc(NC(=O)c2ccc(C(=O)O)nc2)cc(C)c1Br. The number of aromatic carboxylic acids is 1. The van der Waals surface area contributed by atoms with Crippen LogP contribution in [0.2, 0.25) is 0 Å². The van der Waals surface area contributed by atoms with Crippen LogP contribution in [0, 0.1) is 13.8 Å². The van der Waals surface area contributed by atoms with Gasteiger partial charge in [-0.15, -0.1) is 0 Å². The highest BCUT2D eigenvalue weighted by atomic mass is 79.9. The summed E-state index contributed by atoms with van der Waals surface area (Å²) in [6, 6.07) is 6.45. The van der Waals surface area contributed by atoms with Gasteiger partial charge < -0.3 is 10.4 Å². The summed E-state index contributed by atoms with van der Waals surface area (Å²) < 4.78 is 1.01. The van der Waals surface area contributed by atoms with Gasteiger partial charge in [0.25, 0.3) is 5.91 Å². The van der Waals surface area contributed by atoms with E-state index in [1.807, 2.05) is 26.0 Å². The molecule has 0 radical (unpaired) electrons. The largest absolute Gasteiger partial charge is 0.477 e. The normalized spacial score (nSPS) is 10.2. The first-order valence-corrected chi connectivity index (χ1v) is 6.95. The van der Waals surface area contributed by atoms with Gasteiger partial charge in [-0.05, 0) is 49.2 Å². The van der Waals surface area contributed by atoms with Crippen LogP contribution in [-0.4, -0.2) is 22.0 Å². The average molecular weight is 349 g/mol. The number of hydrogen-bond acceptors (Lipinski definition) is 3. The Morgan fingerprint density at radius 2 is 1.81 bits per heavy atom. The van der Waals surface area contributed by atoms with Crippen molar-refractivity contribution in [2.75, 3.05) is 5.32 Å². The fraction of sp³-hybridized carbons (Fsp3) is 0.133. The van der Waals surface area contributed by atoms with Crippen LogP contribution in [0.25, 0.3) is 0 Å². The number of halogens is 1. The second-order valence-corrected chi connectivity index (χ2v) is 5.41. The Labute approximate surface area is 130 Å². The van der Waals surface area contributed by atoms with Crippen LogP contribution in [0.3, 0.4) is 0 Å². The third-order valence-corrected chi connectivity index (χ3v) is 4.19. The molecule has 2 rings (SSSR count). The molecule has 21 heavy (non-hydrogen) atoms. The van der Waals surface area contributed by atoms with E-state index in [1.165, 1.54) is 18.3 Å². The first-order chi connectivity index (χ1) is 9.88. The van der Waals surface area contributed by atoms with Gasteiger partial charge >= 0.3 is 5.97 Å². The second kappa shape index (κ2) is 6.05. The highest BCUT2D eigenvalue weighted by Crippen LogP contribution is 2.25. The zero-order valence-electron chi connectivity index (χ0n) is 11.5. The summed E-state index contributed by atoms with van der Waals surface area (Å²) in [4.78, 5) is 26.5. The van der Waals surface area contributed by atoms with Crippen LogP contribution < -0.4 is 5.32 Å². The highest BCUT2D eigenvalue weighted by molar-refractivity contribution is 9.10. The number of amides is 1. The highest BCUT2D eigenvalue weighted by Gasteiger charge is 2.10. The van der Waals surface area contributed by atoms with Gasteiger partial charge in [-0.1, -0.05) is 15.9 Å². The van der Waals surface area contributed by atoms with Crippen LogP contribution in [0.15, 0.2) is 34.9 Å². The van der Waals surface area contributed by atoms with Crippen molar-refractivity contribution < 1.29 is 14.7 Å². The summed E-state index contributed by atoms with van der Waals surface area (Å²) in [5.74, 6) is -1.46. The van der Waals surface area contributed by atoms with E-state index in [9.17, 15) is 9.59 Å². The first kappa shape index (κ1) is 15.2. The van der Waals surface area contributed by atoms with Crippen molar-refractivity contribution in [2.24, 2.45) is 0 Å². The summed E-state index contributed by atoms with van der Waals surface area (Å²) in [5, 5.41) is 11.5. The van der Waals surface area contributed by atoms with Crippen LogP contribution in [-0.2, 0) is 0 Å². The summed E-state index contributed by atoms with van der Waals surface area (Å²) in [6.45, 7) is 3.88. The third kappa shape index (κ3) is 3.46. The molecule has 6 heteroatoms. The zero-order valence-corrected chi connectivity index (χ0v) is 13.1. The second-order valence-electron chi connectivity index (χ2n) is 4.62. The minimum absolute atomic E-state index is 0.0955. The Balaban J connectivity index is 2.20. The standard InChI is InChI=1S/C15H13BrN2O3/c1-8-5-11(6-9(2)13(8)16)18-14(19)10-3-4-12(15(20)21)17-7-10/h3-7H,1-2H3,(H,18,19)(H,20,21). The molecule has 0 aliphatic carbocycles. The van der Waals surface area contributed by atoms with Crippen LogP contribution >= 0.6 is 15.9 Å². The molecule has 0 saturated heterocycles. The maximum atomic E-state index is 12.1. The average Bonchev–Trinajstić information content (AvgIpc) is 2.44. The lowest BCUT2D eigenvalue weighted by molar-refractivity contribution is 0.0690. The molecule has 0 bridgehead atoms. The Morgan fingerprint density at radius 1 is 1.19 bits per heavy atom. The lowest BCUT2D eigenvalue weighted by Crippen LogP contribution is -2.13. The fourth-order valence-corrected chi connectivity index (χ4v) is 2.10. The lowest BCUT2D eigenvalue weighted by Gasteiger charge is -2.09. The summed E-state index contributed by atoms with van der Waals surface area (Å²) in [6.07, 6.45) is 1.25. The lowest BCUT2D eigenvalue weighted by atomic mass is 10.1. The van der Waals surface area contributed by atoms with Gasteiger partial charge in [0.2, 0.25) is 0 Å². The van der Waals surface area contributed by atoms with Gasteiger partial charge in [0, 0.05) is 16.4 Å². The number of rotatable bonds is 3. The minimum Gasteiger partial charge on any atom is -0.477 e. The number of pyridine rings is 1. The molecule has 0 aliphatic heterocycles. The maximum absolute atomic E-state index is 12.1. The smallest absolute Gasteiger partial charge is 0.354 e. The Bertz CT molecular complexity index is 688. The molecule has 0 unspecified atom stereocenters. The van der Waals surface area contributed by atoms with E-state index in [0.29, 0.717) is 11.3 Å². The molecule has 1 aromatic carbocycles. The van der Waals surface area contributed by atoms with Crippen LogP contribution in [0.5, 0.6) is 0 Å². The van der Waals surface area contributed by atoms with E-state index in [-0.39, 0.29) is 11.6 Å². The number of anilines is 1. The van der Waals surface area contributed by atoms with Crippen LogP contribution in [0.1, 0.15) is 32.0 Å². The number of carboxylic acids is 1. The molecule has 1 heterocycles. The molecule has 5 nitrogen and oxygen atoms in total. The molecule has 0 fully saturated rings. The monoisotopic (exact) mass is 348 g/mol. The van der Waals surface area contributed by atoms with E-state index >= 15 is 0 Å². The fourth-order valence-electron chi connectivity index (χ4n) is 1.88. The molecule has 1 amide bonds. The molecular weight excluding hydrogens is 336 g/mol. The van der Waals surface area contributed by atoms with Crippen LogP contribution in [0.4, 0.5) is 5.69 Å².